The lowest BCUT2D eigenvalue weighted by Crippen LogP contribution is -2.26. The topological polar surface area (TPSA) is 43.4 Å². The second kappa shape index (κ2) is 11.2. The zero-order valence-corrected chi connectivity index (χ0v) is 18.5. The Morgan fingerprint density at radius 1 is 0.906 bits per heavy atom. The average molecular weight is 429 g/mol. The molecule has 0 saturated heterocycles. The van der Waals surface area contributed by atoms with Crippen LogP contribution in [0.15, 0.2) is 66.7 Å². The van der Waals surface area contributed by atoms with Gasteiger partial charge >= 0.3 is 0 Å². The van der Waals surface area contributed by atoms with Crippen LogP contribution in [0.1, 0.15) is 59.3 Å². The van der Waals surface area contributed by atoms with E-state index in [9.17, 15) is 14.3 Å². The van der Waals surface area contributed by atoms with Crippen LogP contribution in [0.3, 0.4) is 0 Å². The lowest BCUT2D eigenvalue weighted by molar-refractivity contribution is -0.255. The first-order chi connectivity index (χ1) is 15.5. The molecule has 3 rings (SSSR count). The monoisotopic (exact) mass is 428 g/mol. The quantitative estimate of drug-likeness (QED) is 0.477. The number of carbonyl (C=O) groups is 1. The van der Waals surface area contributed by atoms with E-state index in [4.69, 9.17) is 0 Å². The molecule has 32 heavy (non-hydrogen) atoms. The summed E-state index contributed by atoms with van der Waals surface area (Å²) in [6, 6.07) is 20.4. The van der Waals surface area contributed by atoms with Crippen molar-refractivity contribution in [1.29, 1.82) is 0 Å². The molecule has 0 radical (unpaired) electrons. The number of hydrogen-bond donors (Lipinski definition) is 0. The molecule has 0 saturated carbocycles. The van der Waals surface area contributed by atoms with Crippen LogP contribution in [0.25, 0.3) is 0 Å². The number of aromatic carboxylic acids is 1. The van der Waals surface area contributed by atoms with Gasteiger partial charge in [0.05, 0.1) is 5.97 Å². The molecule has 0 bridgehead atoms. The second-order valence-electron chi connectivity index (χ2n) is 7.71. The van der Waals surface area contributed by atoms with Crippen molar-refractivity contribution >= 4 is 11.7 Å². The number of hydrogen-bond acceptors (Lipinski definition) is 3. The van der Waals surface area contributed by atoms with Crippen molar-refractivity contribution < 1.29 is 14.3 Å². The standard InChI is InChI=1S/C28H28FNO2/c1-3-5-6-21-7-9-22(10-8-21)11-12-23-13-15-24(16-14-23)20-30(4-2)25-17-18-27(29)26(19-25)28(31)32/h7-10,13-19H,3-6,20H2,1-2H3,(H,31,32)/p-1. The van der Waals surface area contributed by atoms with E-state index in [0.29, 0.717) is 18.8 Å². The van der Waals surface area contributed by atoms with Crippen LogP contribution in [-0.2, 0) is 13.0 Å². The molecule has 0 aliphatic rings. The van der Waals surface area contributed by atoms with Gasteiger partial charge in [-0.1, -0.05) is 49.5 Å². The highest BCUT2D eigenvalue weighted by molar-refractivity contribution is 5.87. The summed E-state index contributed by atoms with van der Waals surface area (Å²) in [5, 5.41) is 11.1. The Labute approximate surface area is 189 Å². The molecule has 0 aromatic heterocycles. The third-order valence-corrected chi connectivity index (χ3v) is 5.37. The van der Waals surface area contributed by atoms with Gasteiger partial charge in [0.2, 0.25) is 0 Å². The molecule has 0 unspecified atom stereocenters. The molecule has 164 valence electrons. The molecule has 0 spiro atoms. The molecule has 0 aliphatic carbocycles. The summed E-state index contributed by atoms with van der Waals surface area (Å²) in [5.74, 6) is 4.10. The Kier molecular flexibility index (Phi) is 8.05. The molecule has 0 N–H and O–H groups in total. The average Bonchev–Trinajstić information content (AvgIpc) is 2.81. The van der Waals surface area contributed by atoms with Crippen LogP contribution < -0.4 is 10.0 Å². The predicted octanol–water partition coefficient (Wildman–Crippen LogP) is 4.96. The van der Waals surface area contributed by atoms with E-state index in [1.165, 1.54) is 24.5 Å². The molecule has 3 aromatic rings. The van der Waals surface area contributed by atoms with Crippen molar-refractivity contribution in [3.63, 3.8) is 0 Å². The molecule has 3 aromatic carbocycles. The first-order valence-corrected chi connectivity index (χ1v) is 11.0. The largest absolute Gasteiger partial charge is 0.545 e. The molecule has 0 aliphatic heterocycles. The number of unbranched alkanes of at least 4 members (excludes halogenated alkanes) is 1. The normalized spacial score (nSPS) is 10.3. The summed E-state index contributed by atoms with van der Waals surface area (Å²) >= 11 is 0. The van der Waals surface area contributed by atoms with Gasteiger partial charge in [-0.15, -0.1) is 0 Å². The maximum Gasteiger partial charge on any atom is 0.132 e. The Morgan fingerprint density at radius 2 is 1.50 bits per heavy atom. The summed E-state index contributed by atoms with van der Waals surface area (Å²) in [4.78, 5) is 13.1. The number of carbonyl (C=O) groups excluding carboxylic acids is 1. The van der Waals surface area contributed by atoms with Crippen molar-refractivity contribution in [2.24, 2.45) is 0 Å². The molecule has 4 heteroatoms. The molecule has 0 fully saturated rings. The number of aryl methyl sites for hydroxylation is 1. The number of anilines is 1. The van der Waals surface area contributed by atoms with Gasteiger partial charge in [0, 0.05) is 35.5 Å². The first-order valence-electron chi connectivity index (χ1n) is 11.0. The van der Waals surface area contributed by atoms with E-state index in [1.807, 2.05) is 36.1 Å². The Morgan fingerprint density at radius 3 is 2.03 bits per heavy atom. The van der Waals surface area contributed by atoms with Crippen LogP contribution in [-0.4, -0.2) is 12.5 Å². The number of nitrogens with zero attached hydrogens (tertiary/aromatic N) is 1. The van der Waals surface area contributed by atoms with Gasteiger partial charge in [-0.2, -0.15) is 0 Å². The second-order valence-corrected chi connectivity index (χ2v) is 7.71. The van der Waals surface area contributed by atoms with Crippen LogP contribution in [0, 0.1) is 17.7 Å². The van der Waals surface area contributed by atoms with E-state index < -0.39 is 17.3 Å². The number of carboxylic acids is 1. The summed E-state index contributed by atoms with van der Waals surface area (Å²) in [7, 11) is 0. The molecule has 0 heterocycles. The summed E-state index contributed by atoms with van der Waals surface area (Å²) in [5.41, 5.74) is 4.52. The number of halogens is 1. The van der Waals surface area contributed by atoms with E-state index in [0.717, 1.165) is 29.2 Å². The number of rotatable bonds is 8. The van der Waals surface area contributed by atoms with Gasteiger partial charge in [-0.05, 0) is 73.4 Å². The lowest BCUT2D eigenvalue weighted by atomic mass is 10.1. The fraction of sp³-hybridized carbons (Fsp3) is 0.250. The fourth-order valence-electron chi connectivity index (χ4n) is 3.45. The smallest absolute Gasteiger partial charge is 0.132 e. The van der Waals surface area contributed by atoms with Gasteiger partial charge < -0.3 is 14.8 Å². The minimum atomic E-state index is -1.51. The van der Waals surface area contributed by atoms with Crippen molar-refractivity contribution in [3.05, 3.63) is 100 Å². The minimum Gasteiger partial charge on any atom is -0.545 e. The van der Waals surface area contributed by atoms with Gasteiger partial charge in [0.1, 0.15) is 5.82 Å². The third-order valence-electron chi connectivity index (χ3n) is 5.37. The highest BCUT2D eigenvalue weighted by atomic mass is 19.1. The Bertz CT molecular complexity index is 1110. The highest BCUT2D eigenvalue weighted by Gasteiger charge is 2.10. The highest BCUT2D eigenvalue weighted by Crippen LogP contribution is 2.21. The maximum atomic E-state index is 13.7. The Balaban J connectivity index is 1.67. The van der Waals surface area contributed by atoms with Gasteiger partial charge in [0.15, 0.2) is 0 Å². The van der Waals surface area contributed by atoms with Crippen LogP contribution in [0.5, 0.6) is 0 Å². The van der Waals surface area contributed by atoms with Crippen molar-refractivity contribution in [1.82, 2.24) is 0 Å². The zero-order valence-electron chi connectivity index (χ0n) is 18.5. The van der Waals surface area contributed by atoms with Crippen LogP contribution in [0.4, 0.5) is 10.1 Å². The zero-order chi connectivity index (χ0) is 22.9. The summed E-state index contributed by atoms with van der Waals surface area (Å²) in [6.45, 7) is 5.38. The van der Waals surface area contributed by atoms with Gasteiger partial charge in [-0.25, -0.2) is 4.39 Å². The van der Waals surface area contributed by atoms with Crippen molar-refractivity contribution in [2.75, 3.05) is 11.4 Å². The maximum absolute atomic E-state index is 13.7. The van der Waals surface area contributed by atoms with Gasteiger partial charge in [-0.3, -0.25) is 0 Å². The van der Waals surface area contributed by atoms with E-state index >= 15 is 0 Å². The van der Waals surface area contributed by atoms with Crippen LogP contribution >= 0.6 is 0 Å². The number of benzene rings is 3. The third kappa shape index (κ3) is 6.21. The van der Waals surface area contributed by atoms with Crippen molar-refractivity contribution in [3.8, 4) is 11.8 Å². The van der Waals surface area contributed by atoms with E-state index in [1.54, 1.807) is 6.07 Å². The molecule has 3 nitrogen and oxygen atoms in total. The summed E-state index contributed by atoms with van der Waals surface area (Å²) in [6.07, 6.45) is 3.50. The molecular formula is C28H27FNO2-. The van der Waals surface area contributed by atoms with Crippen molar-refractivity contribution in [2.45, 2.75) is 39.7 Å². The van der Waals surface area contributed by atoms with E-state index in [2.05, 4.69) is 43.0 Å². The molecule has 0 atom stereocenters. The lowest BCUT2D eigenvalue weighted by Gasteiger charge is -2.24. The van der Waals surface area contributed by atoms with Crippen LogP contribution in [0.2, 0.25) is 0 Å². The molecular weight excluding hydrogens is 401 g/mol. The number of carboxylic acid groups (broad SMARTS) is 1. The summed E-state index contributed by atoms with van der Waals surface area (Å²) < 4.78 is 13.7. The fourth-order valence-corrected chi connectivity index (χ4v) is 3.45. The Hall–Kier alpha value is -3.58. The SMILES string of the molecule is CCCCc1ccc(C#Cc2ccc(CN(CC)c3ccc(F)c(C(=O)[O-])c3)cc2)cc1. The first kappa shape index (κ1) is 23.1. The van der Waals surface area contributed by atoms with E-state index in [-0.39, 0.29) is 0 Å². The predicted molar refractivity (Wildman–Crippen MR) is 125 cm³/mol. The molecule has 0 amide bonds. The minimum absolute atomic E-state index is 0.426. The van der Waals surface area contributed by atoms with Gasteiger partial charge in [0.25, 0.3) is 0 Å².